The van der Waals surface area contributed by atoms with E-state index in [1.165, 1.54) is 12.1 Å². The third-order valence-electron chi connectivity index (χ3n) is 6.04. The van der Waals surface area contributed by atoms with Gasteiger partial charge in [-0.05, 0) is 37.8 Å². The van der Waals surface area contributed by atoms with Gasteiger partial charge in [0.15, 0.2) is 5.96 Å². The Kier molecular flexibility index (Phi) is 7.63. The fraction of sp³-hybridized carbons (Fsp3) is 0.682. The number of hydrogen-bond donors (Lipinski definition) is 1. The van der Waals surface area contributed by atoms with Crippen molar-refractivity contribution in [3.8, 4) is 0 Å². The topological polar surface area (TPSA) is 46.1 Å². The van der Waals surface area contributed by atoms with E-state index in [9.17, 15) is 13.2 Å². The lowest BCUT2D eigenvalue weighted by molar-refractivity contribution is -0.137. The lowest BCUT2D eigenvalue weighted by atomic mass is 9.74. The molecule has 0 radical (unpaired) electrons. The lowest BCUT2D eigenvalue weighted by Gasteiger charge is -2.37. The van der Waals surface area contributed by atoms with Crippen molar-refractivity contribution in [3.63, 3.8) is 0 Å². The number of hydrogen-bond acceptors (Lipinski definition) is 3. The Morgan fingerprint density at radius 2 is 2.00 bits per heavy atom. The first-order valence-electron chi connectivity index (χ1n) is 10.7. The van der Waals surface area contributed by atoms with E-state index in [1.54, 1.807) is 6.07 Å². The summed E-state index contributed by atoms with van der Waals surface area (Å²) >= 11 is 0. The molecule has 0 aliphatic carbocycles. The zero-order valence-corrected chi connectivity index (χ0v) is 17.8. The highest BCUT2D eigenvalue weighted by molar-refractivity contribution is 5.79. The Morgan fingerprint density at radius 3 is 2.63 bits per heavy atom. The summed E-state index contributed by atoms with van der Waals surface area (Å²) in [5, 5.41) is 3.32. The molecule has 1 N–H and O–H groups in total. The van der Waals surface area contributed by atoms with Crippen molar-refractivity contribution in [1.82, 2.24) is 10.2 Å². The normalized spacial score (nSPS) is 22.2. The molecule has 2 fully saturated rings. The number of halogens is 3. The Morgan fingerprint density at radius 1 is 1.23 bits per heavy atom. The van der Waals surface area contributed by atoms with Crippen LogP contribution in [0, 0.1) is 5.92 Å². The van der Waals surface area contributed by atoms with Crippen LogP contribution in [-0.2, 0) is 21.1 Å². The quantitative estimate of drug-likeness (QED) is 0.556. The van der Waals surface area contributed by atoms with Gasteiger partial charge in [0.1, 0.15) is 0 Å². The largest absolute Gasteiger partial charge is 0.416 e. The standard InChI is InChI=1S/C22H32F3N3O2/c1-3-26-20(28(2)14-17-7-10-30-15-17)27-16-21(8-11-29-12-9-21)18-5-4-6-19(13-18)22(23,24)25/h4-6,13,17H,3,7-12,14-16H2,1-2H3,(H,26,27). The second kappa shape index (κ2) is 10.0. The highest BCUT2D eigenvalue weighted by atomic mass is 19.4. The Balaban J connectivity index is 1.83. The fourth-order valence-corrected chi connectivity index (χ4v) is 4.22. The molecule has 2 saturated heterocycles. The Bertz CT molecular complexity index is 712. The van der Waals surface area contributed by atoms with E-state index in [0.29, 0.717) is 44.1 Å². The first-order valence-corrected chi connectivity index (χ1v) is 10.7. The third kappa shape index (κ3) is 5.66. The Hall–Kier alpha value is -1.80. The molecular weight excluding hydrogens is 395 g/mol. The smallest absolute Gasteiger partial charge is 0.381 e. The van der Waals surface area contributed by atoms with E-state index < -0.39 is 17.2 Å². The predicted octanol–water partition coefficient (Wildman–Crippen LogP) is 3.69. The maximum Gasteiger partial charge on any atom is 0.416 e. The van der Waals surface area contributed by atoms with Gasteiger partial charge in [-0.25, -0.2) is 0 Å². The number of alkyl halides is 3. The molecule has 168 valence electrons. The van der Waals surface area contributed by atoms with Gasteiger partial charge < -0.3 is 19.7 Å². The Labute approximate surface area is 176 Å². The van der Waals surface area contributed by atoms with E-state index >= 15 is 0 Å². The van der Waals surface area contributed by atoms with E-state index in [1.807, 2.05) is 14.0 Å². The van der Waals surface area contributed by atoms with E-state index in [2.05, 4.69) is 10.2 Å². The highest BCUT2D eigenvalue weighted by Gasteiger charge is 2.37. The van der Waals surface area contributed by atoms with Crippen molar-refractivity contribution in [2.24, 2.45) is 10.9 Å². The van der Waals surface area contributed by atoms with Crippen LogP contribution >= 0.6 is 0 Å². The molecule has 2 aliphatic rings. The molecule has 0 spiro atoms. The molecule has 30 heavy (non-hydrogen) atoms. The number of ether oxygens (including phenoxy) is 2. The first-order chi connectivity index (χ1) is 14.3. The van der Waals surface area contributed by atoms with Gasteiger partial charge in [0.05, 0.1) is 18.7 Å². The van der Waals surface area contributed by atoms with Crippen LogP contribution in [0.2, 0.25) is 0 Å². The van der Waals surface area contributed by atoms with Gasteiger partial charge in [0.25, 0.3) is 0 Å². The summed E-state index contributed by atoms with van der Waals surface area (Å²) in [6, 6.07) is 5.70. The molecule has 1 aromatic rings. The molecule has 1 aromatic carbocycles. The summed E-state index contributed by atoms with van der Waals surface area (Å²) in [5.74, 6) is 1.25. The summed E-state index contributed by atoms with van der Waals surface area (Å²) < 4.78 is 50.9. The molecule has 0 amide bonds. The monoisotopic (exact) mass is 427 g/mol. The second-order valence-electron chi connectivity index (χ2n) is 8.25. The van der Waals surface area contributed by atoms with Gasteiger partial charge in [0, 0.05) is 51.3 Å². The zero-order chi connectivity index (χ0) is 21.6. The number of aliphatic imine (C=N–C) groups is 1. The number of guanidine groups is 1. The minimum atomic E-state index is -4.36. The molecule has 5 nitrogen and oxygen atoms in total. The molecule has 2 heterocycles. The van der Waals surface area contributed by atoms with E-state index in [4.69, 9.17) is 14.5 Å². The lowest BCUT2D eigenvalue weighted by Crippen LogP contribution is -2.43. The summed E-state index contributed by atoms with van der Waals surface area (Å²) in [6.45, 7) is 6.61. The molecular formula is C22H32F3N3O2. The van der Waals surface area contributed by atoms with Crippen molar-refractivity contribution in [1.29, 1.82) is 0 Å². The van der Waals surface area contributed by atoms with Crippen LogP contribution in [0.15, 0.2) is 29.3 Å². The minimum Gasteiger partial charge on any atom is -0.381 e. The minimum absolute atomic E-state index is 0.422. The molecule has 0 bridgehead atoms. The van der Waals surface area contributed by atoms with Crippen LogP contribution in [0.5, 0.6) is 0 Å². The van der Waals surface area contributed by atoms with Gasteiger partial charge in [-0.3, -0.25) is 4.99 Å². The van der Waals surface area contributed by atoms with Crippen LogP contribution < -0.4 is 5.32 Å². The fourth-order valence-electron chi connectivity index (χ4n) is 4.22. The number of nitrogens with zero attached hydrogens (tertiary/aromatic N) is 2. The van der Waals surface area contributed by atoms with Crippen molar-refractivity contribution in [3.05, 3.63) is 35.4 Å². The molecule has 2 aliphatic heterocycles. The maximum absolute atomic E-state index is 13.3. The third-order valence-corrected chi connectivity index (χ3v) is 6.04. The van der Waals surface area contributed by atoms with Gasteiger partial charge in [-0.1, -0.05) is 18.2 Å². The van der Waals surface area contributed by atoms with Gasteiger partial charge in [-0.2, -0.15) is 13.2 Å². The van der Waals surface area contributed by atoms with Crippen molar-refractivity contribution in [2.75, 3.05) is 53.1 Å². The first kappa shape index (κ1) is 22.9. The molecule has 1 unspecified atom stereocenters. The predicted molar refractivity (Wildman–Crippen MR) is 111 cm³/mol. The number of rotatable bonds is 6. The van der Waals surface area contributed by atoms with Gasteiger partial charge in [0.2, 0.25) is 0 Å². The van der Waals surface area contributed by atoms with Gasteiger partial charge in [-0.15, -0.1) is 0 Å². The molecule has 1 atom stereocenters. The molecule has 0 aromatic heterocycles. The molecule has 8 heteroatoms. The summed E-state index contributed by atoms with van der Waals surface area (Å²) in [6.07, 6.45) is -2.02. The summed E-state index contributed by atoms with van der Waals surface area (Å²) in [4.78, 5) is 6.97. The number of benzene rings is 1. The van der Waals surface area contributed by atoms with Crippen LogP contribution in [0.4, 0.5) is 13.2 Å². The van der Waals surface area contributed by atoms with Gasteiger partial charge >= 0.3 is 6.18 Å². The second-order valence-corrected chi connectivity index (χ2v) is 8.25. The van der Waals surface area contributed by atoms with Crippen LogP contribution in [0.25, 0.3) is 0 Å². The molecule has 3 rings (SSSR count). The number of nitrogens with one attached hydrogen (secondary N) is 1. The average Bonchev–Trinajstić information content (AvgIpc) is 3.24. The summed E-state index contributed by atoms with van der Waals surface area (Å²) in [7, 11) is 2.00. The van der Waals surface area contributed by atoms with Crippen LogP contribution in [0.1, 0.15) is 37.3 Å². The van der Waals surface area contributed by atoms with E-state index in [0.717, 1.165) is 44.8 Å². The zero-order valence-electron chi connectivity index (χ0n) is 17.8. The van der Waals surface area contributed by atoms with Crippen molar-refractivity contribution >= 4 is 5.96 Å². The summed E-state index contributed by atoms with van der Waals surface area (Å²) in [5.41, 5.74) is -0.385. The van der Waals surface area contributed by atoms with Crippen molar-refractivity contribution < 1.29 is 22.6 Å². The highest BCUT2D eigenvalue weighted by Crippen LogP contribution is 2.38. The van der Waals surface area contributed by atoms with E-state index in [-0.39, 0.29) is 0 Å². The van der Waals surface area contributed by atoms with Crippen molar-refractivity contribution in [2.45, 2.75) is 37.8 Å². The average molecular weight is 428 g/mol. The van der Waals surface area contributed by atoms with Crippen LogP contribution in [0.3, 0.4) is 0 Å². The SMILES string of the molecule is CCNC(=NCC1(c2cccc(C(F)(F)F)c2)CCOCC1)N(C)CC1CCOC1. The molecule has 0 saturated carbocycles. The van der Waals surface area contributed by atoms with Crippen LogP contribution in [-0.4, -0.2) is 64.0 Å². The maximum atomic E-state index is 13.3.